The van der Waals surface area contributed by atoms with Crippen LogP contribution >= 0.6 is 11.8 Å². The number of carboxylic acids is 1. The lowest BCUT2D eigenvalue weighted by molar-refractivity contribution is -0.161. The molecule has 0 aliphatic carbocycles. The summed E-state index contributed by atoms with van der Waals surface area (Å²) in [4.78, 5) is 41.8. The van der Waals surface area contributed by atoms with Gasteiger partial charge in [-0.25, -0.2) is 4.79 Å². The molecule has 0 fully saturated rings. The van der Waals surface area contributed by atoms with Crippen molar-refractivity contribution in [1.29, 1.82) is 0 Å². The van der Waals surface area contributed by atoms with E-state index < -0.39 is 36.0 Å². The van der Waals surface area contributed by atoms with Gasteiger partial charge >= 0.3 is 11.9 Å². The molecule has 0 radical (unpaired) electrons. The minimum atomic E-state index is -1.12. The van der Waals surface area contributed by atoms with Gasteiger partial charge in [0.2, 0.25) is 5.91 Å². The lowest BCUT2D eigenvalue weighted by Gasteiger charge is -2.21. The van der Waals surface area contributed by atoms with Gasteiger partial charge in [-0.3, -0.25) is 9.59 Å². The quantitative estimate of drug-likeness (QED) is 0.332. The average Bonchev–Trinajstić information content (AvgIpc) is 2.79. The molecule has 0 saturated carbocycles. The third-order valence-corrected chi connectivity index (χ3v) is 5.37. The number of nitrogens with two attached hydrogens (primary N) is 1. The molecule has 5 N–H and O–H groups in total. The van der Waals surface area contributed by atoms with Gasteiger partial charge in [-0.1, -0.05) is 60.7 Å². The molecule has 2 aromatic rings. The van der Waals surface area contributed by atoms with E-state index in [1.807, 2.05) is 66.9 Å². The molecule has 0 aliphatic heterocycles. The zero-order chi connectivity index (χ0) is 23.3. The van der Waals surface area contributed by atoms with E-state index in [0.29, 0.717) is 12.2 Å². The number of nitrogens with one attached hydrogen (secondary N) is 2. The van der Waals surface area contributed by atoms with E-state index in [2.05, 4.69) is 10.8 Å². The standard InChI is InChI=1S/C23H29N3O5S/c1-32-13-12-19(22(28)29)26-31-23(30)20(15-17-10-6-3-7-11-17)25-21(27)18(24)14-16-8-4-2-5-9-16/h2-11,18-20,26H,12-15,24H2,1H3,(H,25,27)(H,28,29)/t18-,19-,20-/m0/s1. The van der Waals surface area contributed by atoms with Crippen LogP contribution in [-0.2, 0) is 32.1 Å². The number of hydrogen-bond donors (Lipinski definition) is 4. The largest absolute Gasteiger partial charge is 0.480 e. The molecule has 0 heterocycles. The van der Waals surface area contributed by atoms with Gasteiger partial charge in [0.15, 0.2) is 0 Å². The summed E-state index contributed by atoms with van der Waals surface area (Å²) in [5, 5.41) is 11.9. The highest BCUT2D eigenvalue weighted by Gasteiger charge is 2.27. The van der Waals surface area contributed by atoms with Crippen LogP contribution in [0.25, 0.3) is 0 Å². The van der Waals surface area contributed by atoms with Gasteiger partial charge < -0.3 is 21.0 Å². The van der Waals surface area contributed by atoms with Crippen LogP contribution in [0.3, 0.4) is 0 Å². The summed E-state index contributed by atoms with van der Waals surface area (Å²) >= 11 is 1.49. The number of carbonyl (C=O) groups is 3. The molecule has 9 heteroatoms. The Morgan fingerprint density at radius 1 is 0.969 bits per heavy atom. The fraction of sp³-hybridized carbons (Fsp3) is 0.348. The van der Waals surface area contributed by atoms with Crippen molar-refractivity contribution in [2.24, 2.45) is 5.73 Å². The molecule has 172 valence electrons. The van der Waals surface area contributed by atoms with Crippen molar-refractivity contribution in [2.75, 3.05) is 12.0 Å². The monoisotopic (exact) mass is 459 g/mol. The summed E-state index contributed by atoms with van der Waals surface area (Å²) in [6, 6.07) is 15.5. The fourth-order valence-corrected chi connectivity index (χ4v) is 3.42. The highest BCUT2D eigenvalue weighted by atomic mass is 32.2. The molecule has 8 nitrogen and oxygen atoms in total. The number of hydroxylamine groups is 1. The van der Waals surface area contributed by atoms with Crippen molar-refractivity contribution in [2.45, 2.75) is 37.4 Å². The minimum Gasteiger partial charge on any atom is -0.480 e. The summed E-state index contributed by atoms with van der Waals surface area (Å²) in [6.45, 7) is 0. The first-order chi connectivity index (χ1) is 15.4. The fourth-order valence-electron chi connectivity index (χ4n) is 2.95. The van der Waals surface area contributed by atoms with E-state index in [-0.39, 0.29) is 12.8 Å². The van der Waals surface area contributed by atoms with Crippen LogP contribution in [0.5, 0.6) is 0 Å². The molecule has 3 atom stereocenters. The van der Waals surface area contributed by atoms with Crippen molar-refractivity contribution in [3.8, 4) is 0 Å². The first kappa shape index (κ1) is 25.4. The van der Waals surface area contributed by atoms with E-state index in [0.717, 1.165) is 11.1 Å². The summed E-state index contributed by atoms with van der Waals surface area (Å²) in [6.07, 6.45) is 2.62. The molecule has 0 bridgehead atoms. The Bertz CT molecular complexity index is 866. The van der Waals surface area contributed by atoms with Gasteiger partial charge in [0.25, 0.3) is 0 Å². The number of hydrogen-bond acceptors (Lipinski definition) is 7. The van der Waals surface area contributed by atoms with Crippen molar-refractivity contribution >= 4 is 29.6 Å². The van der Waals surface area contributed by atoms with E-state index in [1.54, 1.807) is 0 Å². The molecular weight excluding hydrogens is 430 g/mol. The second-order valence-corrected chi connectivity index (χ2v) is 8.24. The Labute approximate surface area is 191 Å². The molecule has 1 amide bonds. The molecule has 32 heavy (non-hydrogen) atoms. The third-order valence-electron chi connectivity index (χ3n) is 4.73. The van der Waals surface area contributed by atoms with E-state index in [9.17, 15) is 19.5 Å². The Kier molecular flexibility index (Phi) is 10.7. The van der Waals surface area contributed by atoms with Crippen LogP contribution in [-0.4, -0.2) is 53.1 Å². The Morgan fingerprint density at radius 2 is 1.53 bits per heavy atom. The van der Waals surface area contributed by atoms with Gasteiger partial charge in [-0.05, 0) is 36.0 Å². The molecule has 0 unspecified atom stereocenters. The van der Waals surface area contributed by atoms with Crippen molar-refractivity contribution in [1.82, 2.24) is 10.8 Å². The Hall–Kier alpha value is -2.88. The van der Waals surface area contributed by atoms with Gasteiger partial charge in [0, 0.05) is 6.42 Å². The average molecular weight is 460 g/mol. The van der Waals surface area contributed by atoms with E-state index >= 15 is 0 Å². The highest BCUT2D eigenvalue weighted by molar-refractivity contribution is 7.98. The highest BCUT2D eigenvalue weighted by Crippen LogP contribution is 2.07. The van der Waals surface area contributed by atoms with E-state index in [1.165, 1.54) is 11.8 Å². The predicted octanol–water partition coefficient (Wildman–Crippen LogP) is 1.54. The number of carbonyl (C=O) groups excluding carboxylic acids is 2. The summed E-state index contributed by atoms with van der Waals surface area (Å²) in [5.41, 5.74) is 10.1. The maximum absolute atomic E-state index is 12.7. The lowest BCUT2D eigenvalue weighted by Crippen LogP contribution is -2.52. The first-order valence-corrected chi connectivity index (χ1v) is 11.6. The number of thioether (sulfide) groups is 1. The summed E-state index contributed by atoms with van der Waals surface area (Å²) in [7, 11) is 0. The van der Waals surface area contributed by atoms with Crippen LogP contribution in [0, 0.1) is 0 Å². The Balaban J connectivity index is 2.04. The summed E-state index contributed by atoms with van der Waals surface area (Å²) in [5.74, 6) is -1.83. The maximum atomic E-state index is 12.7. The molecule has 0 aromatic heterocycles. The maximum Gasteiger partial charge on any atom is 0.347 e. The zero-order valence-electron chi connectivity index (χ0n) is 17.9. The topological polar surface area (TPSA) is 131 Å². The normalized spacial score (nSPS) is 13.6. The third kappa shape index (κ3) is 8.70. The number of amides is 1. The second kappa shape index (κ2) is 13.5. The molecular formula is C23H29N3O5S. The van der Waals surface area contributed by atoms with Gasteiger partial charge in [-0.15, -0.1) is 5.48 Å². The van der Waals surface area contributed by atoms with Gasteiger partial charge in [-0.2, -0.15) is 11.8 Å². The number of rotatable bonds is 13. The first-order valence-electron chi connectivity index (χ1n) is 10.2. The van der Waals surface area contributed by atoms with Crippen LogP contribution in [0.1, 0.15) is 17.5 Å². The van der Waals surface area contributed by atoms with Crippen LogP contribution < -0.4 is 16.5 Å². The van der Waals surface area contributed by atoms with Crippen molar-refractivity contribution < 1.29 is 24.3 Å². The molecule has 2 rings (SSSR count). The molecule has 0 aliphatic rings. The van der Waals surface area contributed by atoms with Crippen LogP contribution in [0.2, 0.25) is 0 Å². The van der Waals surface area contributed by atoms with E-state index in [4.69, 9.17) is 10.6 Å². The van der Waals surface area contributed by atoms with Crippen LogP contribution in [0.4, 0.5) is 0 Å². The second-order valence-electron chi connectivity index (χ2n) is 7.26. The zero-order valence-corrected chi connectivity index (χ0v) is 18.7. The van der Waals surface area contributed by atoms with Crippen molar-refractivity contribution in [3.05, 3.63) is 71.8 Å². The van der Waals surface area contributed by atoms with Crippen LogP contribution in [0.15, 0.2) is 60.7 Å². The number of carboxylic acid groups (broad SMARTS) is 1. The smallest absolute Gasteiger partial charge is 0.347 e. The summed E-state index contributed by atoms with van der Waals surface area (Å²) < 4.78 is 0. The van der Waals surface area contributed by atoms with Gasteiger partial charge in [0.1, 0.15) is 12.1 Å². The minimum absolute atomic E-state index is 0.174. The molecule has 0 spiro atoms. The lowest BCUT2D eigenvalue weighted by atomic mass is 10.0. The number of benzene rings is 2. The van der Waals surface area contributed by atoms with Gasteiger partial charge in [0.05, 0.1) is 6.04 Å². The Morgan fingerprint density at radius 3 is 2.06 bits per heavy atom. The number of aliphatic carboxylic acids is 1. The SMILES string of the molecule is CSCC[C@H](NOC(=O)[C@H](Cc1ccccc1)NC(=O)[C@@H](N)Cc1ccccc1)C(=O)O. The molecule has 0 saturated heterocycles. The molecule has 2 aromatic carbocycles. The van der Waals surface area contributed by atoms with Crippen molar-refractivity contribution in [3.63, 3.8) is 0 Å². The predicted molar refractivity (Wildman–Crippen MR) is 124 cm³/mol.